The highest BCUT2D eigenvalue weighted by Crippen LogP contribution is 2.10. The number of aryl methyl sites for hydroxylation is 1. The zero-order valence-corrected chi connectivity index (χ0v) is 12.2. The summed E-state index contributed by atoms with van der Waals surface area (Å²) in [5, 5.41) is 10.9. The summed E-state index contributed by atoms with van der Waals surface area (Å²) in [6, 6.07) is -0.0891. The van der Waals surface area contributed by atoms with Crippen LogP contribution in [0.1, 0.15) is 45.5 Å². The largest absolute Gasteiger partial charge is 0.346 e. The van der Waals surface area contributed by atoms with Gasteiger partial charge >= 0.3 is 0 Å². The molecule has 0 aliphatic carbocycles. The minimum absolute atomic E-state index is 0.0620. The van der Waals surface area contributed by atoms with Crippen LogP contribution in [-0.2, 0) is 11.3 Å². The molecule has 0 aromatic carbocycles. The van der Waals surface area contributed by atoms with E-state index in [1.54, 1.807) is 18.1 Å². The second-order valence-electron chi connectivity index (χ2n) is 4.22. The molecule has 102 valence electrons. The molecule has 1 N–H and O–H groups in total. The first-order valence-corrected chi connectivity index (χ1v) is 7.59. The zero-order chi connectivity index (χ0) is 13.4. The summed E-state index contributed by atoms with van der Waals surface area (Å²) < 4.78 is 1.99. The van der Waals surface area contributed by atoms with E-state index in [-0.39, 0.29) is 11.9 Å². The van der Waals surface area contributed by atoms with Crippen LogP contribution in [0, 0.1) is 0 Å². The SMILES string of the molecule is CCCSCC(=O)N[C@H](C)c1nncn1CCC. The smallest absolute Gasteiger partial charge is 0.230 e. The molecule has 0 unspecified atom stereocenters. The van der Waals surface area contributed by atoms with Gasteiger partial charge in [0, 0.05) is 6.54 Å². The lowest BCUT2D eigenvalue weighted by atomic mass is 10.3. The molecule has 0 fully saturated rings. The van der Waals surface area contributed by atoms with Crippen molar-refractivity contribution in [3.8, 4) is 0 Å². The molecule has 0 spiro atoms. The highest BCUT2D eigenvalue weighted by atomic mass is 32.2. The average molecular weight is 270 g/mol. The summed E-state index contributed by atoms with van der Waals surface area (Å²) in [5.74, 6) is 2.42. The predicted molar refractivity (Wildman–Crippen MR) is 74.5 cm³/mol. The number of carbonyl (C=O) groups excluding carboxylic acids is 1. The molecule has 0 saturated heterocycles. The van der Waals surface area contributed by atoms with Crippen molar-refractivity contribution in [1.29, 1.82) is 0 Å². The second kappa shape index (κ2) is 8.13. The van der Waals surface area contributed by atoms with Crippen LogP contribution in [0.4, 0.5) is 0 Å². The van der Waals surface area contributed by atoms with E-state index < -0.39 is 0 Å². The maximum absolute atomic E-state index is 11.7. The topological polar surface area (TPSA) is 59.8 Å². The van der Waals surface area contributed by atoms with Crippen molar-refractivity contribution in [2.75, 3.05) is 11.5 Å². The monoisotopic (exact) mass is 270 g/mol. The standard InChI is InChI=1S/C12H22N4OS/c1-4-6-16-9-13-15-12(16)10(3)14-11(17)8-18-7-5-2/h9-10H,4-8H2,1-3H3,(H,14,17)/t10-/m1/s1. The molecule has 0 saturated carbocycles. The Bertz CT molecular complexity index is 367. The number of hydrogen-bond acceptors (Lipinski definition) is 4. The zero-order valence-electron chi connectivity index (χ0n) is 11.3. The Balaban J connectivity index is 2.46. The van der Waals surface area contributed by atoms with E-state index in [0.717, 1.165) is 31.0 Å². The number of nitrogens with one attached hydrogen (secondary N) is 1. The number of amides is 1. The van der Waals surface area contributed by atoms with Gasteiger partial charge in [-0.15, -0.1) is 10.2 Å². The molecule has 1 atom stereocenters. The number of carbonyl (C=O) groups is 1. The molecule has 0 aliphatic heterocycles. The third-order valence-electron chi connectivity index (χ3n) is 2.46. The fourth-order valence-corrected chi connectivity index (χ4v) is 2.37. The van der Waals surface area contributed by atoms with Crippen molar-refractivity contribution in [1.82, 2.24) is 20.1 Å². The van der Waals surface area contributed by atoms with E-state index >= 15 is 0 Å². The fourth-order valence-electron chi connectivity index (χ4n) is 1.67. The number of rotatable bonds is 8. The van der Waals surface area contributed by atoms with Gasteiger partial charge in [0.25, 0.3) is 0 Å². The molecule has 18 heavy (non-hydrogen) atoms. The molecule has 1 amide bonds. The molecule has 5 nitrogen and oxygen atoms in total. The van der Waals surface area contributed by atoms with E-state index in [9.17, 15) is 4.79 Å². The van der Waals surface area contributed by atoms with Crippen LogP contribution >= 0.6 is 11.8 Å². The number of hydrogen-bond donors (Lipinski definition) is 1. The second-order valence-corrected chi connectivity index (χ2v) is 5.33. The van der Waals surface area contributed by atoms with E-state index in [1.165, 1.54) is 0 Å². The maximum atomic E-state index is 11.7. The van der Waals surface area contributed by atoms with E-state index in [0.29, 0.717) is 5.75 Å². The molecule has 1 heterocycles. The van der Waals surface area contributed by atoms with Crippen molar-refractivity contribution < 1.29 is 4.79 Å². The molecule has 1 aromatic heterocycles. The Kier molecular flexibility index (Phi) is 6.78. The summed E-state index contributed by atoms with van der Waals surface area (Å²) in [6.07, 6.45) is 3.84. The number of thioether (sulfide) groups is 1. The van der Waals surface area contributed by atoms with Crippen LogP contribution in [-0.4, -0.2) is 32.2 Å². The predicted octanol–water partition coefficient (Wildman–Crippen LogP) is 2.01. The minimum atomic E-state index is -0.0891. The Morgan fingerprint density at radius 2 is 2.28 bits per heavy atom. The molecule has 6 heteroatoms. The highest BCUT2D eigenvalue weighted by Gasteiger charge is 2.15. The molecule has 1 aromatic rings. The first kappa shape index (κ1) is 15.0. The third kappa shape index (κ3) is 4.68. The lowest BCUT2D eigenvalue weighted by Gasteiger charge is -2.14. The van der Waals surface area contributed by atoms with Crippen molar-refractivity contribution in [3.63, 3.8) is 0 Å². The fraction of sp³-hybridized carbons (Fsp3) is 0.750. The number of aromatic nitrogens is 3. The first-order chi connectivity index (χ1) is 8.69. The molecular weight excluding hydrogens is 248 g/mol. The summed E-state index contributed by atoms with van der Waals surface area (Å²) in [4.78, 5) is 11.7. The average Bonchev–Trinajstić information content (AvgIpc) is 2.78. The van der Waals surface area contributed by atoms with Gasteiger partial charge in [0.05, 0.1) is 11.8 Å². The van der Waals surface area contributed by atoms with E-state index in [1.807, 2.05) is 11.5 Å². The van der Waals surface area contributed by atoms with Crippen LogP contribution in [0.5, 0.6) is 0 Å². The van der Waals surface area contributed by atoms with Crippen molar-refractivity contribution in [2.24, 2.45) is 0 Å². The summed E-state index contributed by atoms with van der Waals surface area (Å²) >= 11 is 1.66. The van der Waals surface area contributed by atoms with Gasteiger partial charge in [-0.1, -0.05) is 13.8 Å². The van der Waals surface area contributed by atoms with Crippen molar-refractivity contribution in [2.45, 2.75) is 46.2 Å². The molecule has 1 rings (SSSR count). The van der Waals surface area contributed by atoms with Gasteiger partial charge in [-0.25, -0.2) is 0 Å². The molecule has 0 bridgehead atoms. The van der Waals surface area contributed by atoms with Crippen LogP contribution in [0.25, 0.3) is 0 Å². The Morgan fingerprint density at radius 3 is 2.94 bits per heavy atom. The van der Waals surface area contributed by atoms with Gasteiger partial charge in [0.1, 0.15) is 6.33 Å². The van der Waals surface area contributed by atoms with Crippen molar-refractivity contribution in [3.05, 3.63) is 12.2 Å². The summed E-state index contributed by atoms with van der Waals surface area (Å²) in [6.45, 7) is 7.04. The first-order valence-electron chi connectivity index (χ1n) is 6.43. The normalized spacial score (nSPS) is 12.4. The van der Waals surface area contributed by atoms with Gasteiger partial charge in [-0.2, -0.15) is 11.8 Å². The van der Waals surface area contributed by atoms with Gasteiger partial charge in [-0.05, 0) is 25.5 Å². The Morgan fingerprint density at radius 1 is 1.50 bits per heavy atom. The van der Waals surface area contributed by atoms with E-state index in [4.69, 9.17) is 0 Å². The van der Waals surface area contributed by atoms with Gasteiger partial charge < -0.3 is 9.88 Å². The lowest BCUT2D eigenvalue weighted by molar-refractivity contribution is -0.119. The Labute approximate surface area is 113 Å². The minimum Gasteiger partial charge on any atom is -0.346 e. The molecule has 0 aliphatic rings. The van der Waals surface area contributed by atoms with E-state index in [2.05, 4.69) is 29.4 Å². The van der Waals surface area contributed by atoms with Crippen LogP contribution in [0.3, 0.4) is 0 Å². The summed E-state index contributed by atoms with van der Waals surface area (Å²) in [5.41, 5.74) is 0. The third-order valence-corrected chi connectivity index (χ3v) is 3.62. The molecular formula is C12H22N4OS. The van der Waals surface area contributed by atoms with Crippen LogP contribution < -0.4 is 5.32 Å². The quantitative estimate of drug-likeness (QED) is 0.734. The Hall–Kier alpha value is -1.04. The van der Waals surface area contributed by atoms with Gasteiger partial charge in [0.2, 0.25) is 5.91 Å². The maximum Gasteiger partial charge on any atom is 0.230 e. The lowest BCUT2D eigenvalue weighted by Crippen LogP contribution is -2.30. The van der Waals surface area contributed by atoms with Crippen molar-refractivity contribution >= 4 is 17.7 Å². The van der Waals surface area contributed by atoms with Crippen LogP contribution in [0.2, 0.25) is 0 Å². The van der Waals surface area contributed by atoms with Gasteiger partial charge in [-0.3, -0.25) is 4.79 Å². The van der Waals surface area contributed by atoms with Crippen LogP contribution in [0.15, 0.2) is 6.33 Å². The summed E-state index contributed by atoms with van der Waals surface area (Å²) in [7, 11) is 0. The highest BCUT2D eigenvalue weighted by molar-refractivity contribution is 7.99. The van der Waals surface area contributed by atoms with Gasteiger partial charge in [0.15, 0.2) is 5.82 Å². The molecule has 0 radical (unpaired) electrons. The number of nitrogens with zero attached hydrogens (tertiary/aromatic N) is 3.